The molecule has 1 aliphatic heterocycles. The molecule has 6 rings (SSSR count). The zero-order valence-electron chi connectivity index (χ0n) is 22.7. The minimum atomic E-state index is -0.869. The molecule has 0 radical (unpaired) electrons. The van der Waals surface area contributed by atoms with Crippen molar-refractivity contribution in [1.29, 1.82) is 0 Å². The molecule has 0 bridgehead atoms. The van der Waals surface area contributed by atoms with Gasteiger partial charge in [0.1, 0.15) is 11.8 Å². The molecule has 216 valence electrons. The fourth-order valence-corrected chi connectivity index (χ4v) is 6.33. The number of carbonyl (C=O) groups is 1. The van der Waals surface area contributed by atoms with E-state index in [4.69, 9.17) is 32.7 Å². The summed E-state index contributed by atoms with van der Waals surface area (Å²) in [6.07, 6.45) is 2.58. The third-order valence-electron chi connectivity index (χ3n) is 6.81. The molecular weight excluding hydrogens is 614 g/mol. The van der Waals surface area contributed by atoms with Gasteiger partial charge >= 0.3 is 5.97 Å². The lowest BCUT2D eigenvalue weighted by Crippen LogP contribution is -2.40. The molecule has 0 N–H and O–H groups in total. The van der Waals surface area contributed by atoms with Crippen LogP contribution in [0.2, 0.25) is 10.3 Å². The van der Waals surface area contributed by atoms with Crippen LogP contribution in [-0.2, 0) is 9.53 Å². The number of allylic oxidation sites excluding steroid dienone is 1. The highest BCUT2D eigenvalue weighted by Crippen LogP contribution is 2.35. The van der Waals surface area contributed by atoms with Crippen LogP contribution in [-0.4, -0.2) is 27.1 Å². The van der Waals surface area contributed by atoms with Crippen LogP contribution in [0.1, 0.15) is 31.0 Å². The summed E-state index contributed by atoms with van der Waals surface area (Å²) in [6, 6.07) is 17.1. The first-order valence-corrected chi connectivity index (χ1v) is 14.7. The third kappa shape index (κ3) is 5.33. The van der Waals surface area contributed by atoms with Gasteiger partial charge < -0.3 is 9.47 Å². The number of esters is 1. The fourth-order valence-electron chi connectivity index (χ4n) is 4.93. The van der Waals surface area contributed by atoms with Crippen molar-refractivity contribution in [1.82, 2.24) is 14.5 Å². The van der Waals surface area contributed by atoms with Gasteiger partial charge in [-0.25, -0.2) is 14.8 Å². The molecule has 0 unspecified atom stereocenters. The smallest absolute Gasteiger partial charge is 0.338 e. The molecule has 2 aromatic heterocycles. The summed E-state index contributed by atoms with van der Waals surface area (Å²) < 4.78 is 27.5. The Labute approximate surface area is 258 Å². The lowest BCUT2D eigenvalue weighted by Gasteiger charge is -2.25. The molecule has 1 atom stereocenters. The molecule has 0 aliphatic carbocycles. The molecule has 0 amide bonds. The fraction of sp³-hybridized carbons (Fsp3) is 0.129. The summed E-state index contributed by atoms with van der Waals surface area (Å²) in [4.78, 5) is 39.8. The van der Waals surface area contributed by atoms with Crippen LogP contribution in [0.4, 0.5) is 4.39 Å². The standard InChI is InChI=1S/C31H21Cl2FN4O4S/c1-3-41-29(40)25-16(2)36-31-38(26(25)19-10-6-7-11-21(19)32)28(39)24(43-31)14-20-18-9-5-4-8-17(18)12-13-23(20)42-27-22(34)15-35-30(33)37-27/h4-15,26H,3H2,1-2H3/b24-14-/t26-/m1/s1. The van der Waals surface area contributed by atoms with E-state index in [-0.39, 0.29) is 29.1 Å². The van der Waals surface area contributed by atoms with Crippen molar-refractivity contribution in [2.45, 2.75) is 19.9 Å². The molecule has 5 aromatic rings. The van der Waals surface area contributed by atoms with E-state index in [9.17, 15) is 14.0 Å². The van der Waals surface area contributed by atoms with E-state index in [0.717, 1.165) is 28.3 Å². The lowest BCUT2D eigenvalue weighted by molar-refractivity contribution is -0.139. The van der Waals surface area contributed by atoms with Crippen molar-refractivity contribution in [2.75, 3.05) is 6.61 Å². The van der Waals surface area contributed by atoms with Crippen LogP contribution in [0, 0.1) is 5.82 Å². The van der Waals surface area contributed by atoms with Crippen LogP contribution >= 0.6 is 34.5 Å². The highest BCUT2D eigenvalue weighted by Gasteiger charge is 2.34. The zero-order valence-corrected chi connectivity index (χ0v) is 25.0. The number of ether oxygens (including phenoxy) is 2. The van der Waals surface area contributed by atoms with Gasteiger partial charge in [-0.05, 0) is 60.0 Å². The number of halogens is 3. The van der Waals surface area contributed by atoms with Crippen LogP contribution in [0.5, 0.6) is 11.6 Å². The largest absolute Gasteiger partial charge is 0.463 e. The summed E-state index contributed by atoms with van der Waals surface area (Å²) in [5.41, 5.74) is 1.30. The minimum absolute atomic E-state index is 0.150. The molecule has 43 heavy (non-hydrogen) atoms. The Kier molecular flexibility index (Phi) is 7.83. The van der Waals surface area contributed by atoms with Gasteiger partial charge in [-0.1, -0.05) is 71.5 Å². The number of aromatic nitrogens is 3. The van der Waals surface area contributed by atoms with Crippen molar-refractivity contribution in [3.8, 4) is 11.6 Å². The van der Waals surface area contributed by atoms with E-state index in [2.05, 4.69) is 15.0 Å². The Morgan fingerprint density at radius 1 is 1.12 bits per heavy atom. The number of thiazole rings is 1. The number of hydrogen-bond donors (Lipinski definition) is 0. The highest BCUT2D eigenvalue weighted by atomic mass is 35.5. The molecule has 0 saturated carbocycles. The maximum atomic E-state index is 14.5. The first-order chi connectivity index (χ1) is 20.8. The number of hydrogen-bond acceptors (Lipinski definition) is 8. The average molecular weight is 636 g/mol. The first-order valence-electron chi connectivity index (χ1n) is 13.1. The van der Waals surface area contributed by atoms with Crippen LogP contribution in [0.15, 0.2) is 87.9 Å². The Morgan fingerprint density at radius 3 is 2.67 bits per heavy atom. The molecular formula is C31H21Cl2FN4O4S. The second-order valence-electron chi connectivity index (χ2n) is 9.42. The Bertz CT molecular complexity index is 2140. The first kappa shape index (κ1) is 28.7. The summed E-state index contributed by atoms with van der Waals surface area (Å²) in [5, 5.41) is 1.81. The molecule has 0 spiro atoms. The van der Waals surface area contributed by atoms with E-state index in [1.807, 2.05) is 30.3 Å². The number of fused-ring (bicyclic) bond motifs is 2. The van der Waals surface area contributed by atoms with E-state index in [1.54, 1.807) is 50.3 Å². The predicted octanol–water partition coefficient (Wildman–Crippen LogP) is 5.98. The van der Waals surface area contributed by atoms with Crippen LogP contribution in [0.3, 0.4) is 0 Å². The maximum Gasteiger partial charge on any atom is 0.338 e. The van der Waals surface area contributed by atoms with Crippen molar-refractivity contribution in [3.05, 3.63) is 125 Å². The Hall–Kier alpha value is -4.38. The second-order valence-corrected chi connectivity index (χ2v) is 11.2. The molecule has 12 heteroatoms. The third-order valence-corrected chi connectivity index (χ3v) is 8.32. The second kappa shape index (κ2) is 11.7. The van der Waals surface area contributed by atoms with Crippen LogP contribution in [0.25, 0.3) is 16.8 Å². The summed E-state index contributed by atoms with van der Waals surface area (Å²) >= 11 is 13.6. The molecule has 1 aliphatic rings. The summed E-state index contributed by atoms with van der Waals surface area (Å²) in [5.74, 6) is -1.51. The molecule has 0 saturated heterocycles. The van der Waals surface area contributed by atoms with Gasteiger partial charge in [0.2, 0.25) is 11.1 Å². The predicted molar refractivity (Wildman–Crippen MR) is 163 cm³/mol. The zero-order chi connectivity index (χ0) is 30.2. The lowest BCUT2D eigenvalue weighted by atomic mass is 9.96. The molecule has 8 nitrogen and oxygen atoms in total. The van der Waals surface area contributed by atoms with Crippen LogP contribution < -0.4 is 19.6 Å². The molecule has 3 heterocycles. The van der Waals surface area contributed by atoms with Crippen molar-refractivity contribution in [3.63, 3.8) is 0 Å². The van der Waals surface area contributed by atoms with Crippen molar-refractivity contribution < 1.29 is 18.7 Å². The Balaban J connectivity index is 1.59. The number of benzene rings is 3. The minimum Gasteiger partial charge on any atom is -0.463 e. The van der Waals surface area contributed by atoms with E-state index < -0.39 is 23.4 Å². The van der Waals surface area contributed by atoms with Gasteiger partial charge in [-0.2, -0.15) is 9.37 Å². The van der Waals surface area contributed by atoms with Gasteiger partial charge in [-0.3, -0.25) is 9.36 Å². The van der Waals surface area contributed by atoms with Gasteiger partial charge in [0, 0.05) is 10.6 Å². The van der Waals surface area contributed by atoms with Crippen molar-refractivity contribution >= 4 is 57.4 Å². The van der Waals surface area contributed by atoms with Gasteiger partial charge in [0.25, 0.3) is 11.4 Å². The number of carbonyl (C=O) groups excluding carboxylic acids is 1. The van der Waals surface area contributed by atoms with E-state index in [1.165, 1.54) is 4.57 Å². The maximum absolute atomic E-state index is 14.5. The quantitative estimate of drug-likeness (QED) is 0.168. The van der Waals surface area contributed by atoms with Gasteiger partial charge in [-0.15, -0.1) is 0 Å². The molecule has 0 fully saturated rings. The van der Waals surface area contributed by atoms with Crippen molar-refractivity contribution in [2.24, 2.45) is 4.99 Å². The monoisotopic (exact) mass is 634 g/mol. The van der Waals surface area contributed by atoms with Gasteiger partial charge in [0.05, 0.1) is 28.6 Å². The highest BCUT2D eigenvalue weighted by molar-refractivity contribution is 7.07. The van der Waals surface area contributed by atoms with E-state index >= 15 is 0 Å². The average Bonchev–Trinajstić information content (AvgIpc) is 3.29. The summed E-state index contributed by atoms with van der Waals surface area (Å²) in [6.45, 7) is 3.56. The summed E-state index contributed by atoms with van der Waals surface area (Å²) in [7, 11) is 0. The van der Waals surface area contributed by atoms with Gasteiger partial charge in [0.15, 0.2) is 4.80 Å². The normalized spacial score (nSPS) is 14.9. The number of nitrogens with zero attached hydrogens (tertiary/aromatic N) is 4. The van der Waals surface area contributed by atoms with E-state index in [0.29, 0.717) is 31.2 Å². The molecule has 3 aromatic carbocycles. The Morgan fingerprint density at radius 2 is 1.88 bits per heavy atom. The number of rotatable bonds is 6. The topological polar surface area (TPSA) is 95.7 Å². The SMILES string of the molecule is CCOC(=O)C1=C(C)N=c2s/c(=C\c3c(Oc4nc(Cl)ncc4F)ccc4ccccc34)c(=O)n2[C@@H]1c1ccccc1Cl.